The Morgan fingerprint density at radius 3 is 2.00 bits per heavy atom. The lowest BCUT2D eigenvalue weighted by molar-refractivity contribution is -0.115. The molecule has 238 valence electrons. The fourth-order valence-corrected chi connectivity index (χ4v) is 3.91. The van der Waals surface area contributed by atoms with Gasteiger partial charge in [0.05, 0.1) is 0 Å². The van der Waals surface area contributed by atoms with Crippen molar-refractivity contribution in [1.82, 2.24) is 5.32 Å². The van der Waals surface area contributed by atoms with E-state index in [1.807, 2.05) is 51.1 Å². The minimum Gasteiger partial charge on any atom is -0.348 e. The fourth-order valence-electron chi connectivity index (χ4n) is 3.91. The van der Waals surface area contributed by atoms with Gasteiger partial charge in [0.2, 0.25) is 11.8 Å². The highest BCUT2D eigenvalue weighted by Crippen LogP contribution is 2.17. The maximum absolute atomic E-state index is 13.0. The first-order chi connectivity index (χ1) is 22.4. The van der Waals surface area contributed by atoms with Crippen LogP contribution in [0.1, 0.15) is 50.0 Å². The number of hydrogen-bond donors (Lipinski definition) is 4. The molecule has 0 unspecified atom stereocenters. The second kappa shape index (κ2) is 21.0. The van der Waals surface area contributed by atoms with Crippen molar-refractivity contribution < 1.29 is 19.2 Å². The van der Waals surface area contributed by atoms with Crippen LogP contribution in [-0.4, -0.2) is 23.6 Å². The van der Waals surface area contributed by atoms with Gasteiger partial charge in [0.25, 0.3) is 11.8 Å². The molecule has 4 amide bonds. The molecule has 0 aromatic heterocycles. The summed E-state index contributed by atoms with van der Waals surface area (Å²) in [5, 5.41) is 11.3. The van der Waals surface area contributed by atoms with Gasteiger partial charge in [-0.1, -0.05) is 98.9 Å². The van der Waals surface area contributed by atoms with E-state index in [2.05, 4.69) is 21.3 Å². The Kier molecular flexibility index (Phi) is 16.7. The molecule has 3 aromatic rings. The molecule has 0 spiro atoms. The summed E-state index contributed by atoms with van der Waals surface area (Å²) in [5.41, 5.74) is 3.29. The maximum atomic E-state index is 13.0. The third kappa shape index (κ3) is 13.7. The van der Waals surface area contributed by atoms with Crippen molar-refractivity contribution in [3.63, 3.8) is 0 Å². The third-order valence-corrected chi connectivity index (χ3v) is 5.98. The van der Waals surface area contributed by atoms with Crippen LogP contribution < -0.4 is 21.3 Å². The van der Waals surface area contributed by atoms with Crippen molar-refractivity contribution in [3.05, 3.63) is 150 Å². The van der Waals surface area contributed by atoms with Gasteiger partial charge in [-0.15, -0.1) is 0 Å². The van der Waals surface area contributed by atoms with E-state index in [4.69, 9.17) is 0 Å². The quantitative estimate of drug-likeness (QED) is 0.116. The molecular formula is C38H42N4O4. The van der Waals surface area contributed by atoms with Crippen LogP contribution in [0, 0.1) is 0 Å². The zero-order valence-corrected chi connectivity index (χ0v) is 26.7. The molecule has 4 N–H and O–H groups in total. The zero-order chi connectivity index (χ0) is 33.6. The molecule has 0 atom stereocenters. The highest BCUT2D eigenvalue weighted by molar-refractivity contribution is 6.07. The lowest BCUT2D eigenvalue weighted by atomic mass is 10.1. The van der Waals surface area contributed by atoms with Crippen LogP contribution >= 0.6 is 0 Å². The number of allylic oxidation sites excluding steroid dienone is 6. The maximum Gasteiger partial charge on any atom is 0.255 e. The molecule has 0 bridgehead atoms. The van der Waals surface area contributed by atoms with Crippen LogP contribution in [0.3, 0.4) is 0 Å². The highest BCUT2D eigenvalue weighted by atomic mass is 16.2. The lowest BCUT2D eigenvalue weighted by Crippen LogP contribution is -2.22. The van der Waals surface area contributed by atoms with Crippen molar-refractivity contribution in [2.45, 2.75) is 40.7 Å². The van der Waals surface area contributed by atoms with Gasteiger partial charge >= 0.3 is 0 Å². The SMILES string of the molecule is CC.C\C=C/C=C\C=C\C(=O)Nc1cccc(NC(=O)C(/C=C\C)=C/CC(=O)Nc2cccc(CNC(=O)c3ccccc3)c2)c1. The summed E-state index contributed by atoms with van der Waals surface area (Å²) >= 11 is 0. The summed E-state index contributed by atoms with van der Waals surface area (Å²) in [6.45, 7) is 7.99. The van der Waals surface area contributed by atoms with E-state index in [1.165, 1.54) is 6.08 Å². The summed E-state index contributed by atoms with van der Waals surface area (Å²) in [5.74, 6) is -1.19. The van der Waals surface area contributed by atoms with Crippen LogP contribution in [0.2, 0.25) is 0 Å². The average Bonchev–Trinajstić information content (AvgIpc) is 3.07. The van der Waals surface area contributed by atoms with E-state index in [-0.39, 0.29) is 24.1 Å². The van der Waals surface area contributed by atoms with Gasteiger partial charge in [-0.2, -0.15) is 0 Å². The molecule has 0 saturated carbocycles. The molecule has 0 fully saturated rings. The van der Waals surface area contributed by atoms with E-state index >= 15 is 0 Å². The normalized spacial score (nSPS) is 11.3. The number of amides is 4. The summed E-state index contributed by atoms with van der Waals surface area (Å²) in [6, 6.07) is 22.9. The van der Waals surface area contributed by atoms with Gasteiger partial charge in [-0.05, 0) is 61.9 Å². The molecule has 8 heteroatoms. The minimum absolute atomic E-state index is 0.0347. The van der Waals surface area contributed by atoms with Gasteiger partial charge < -0.3 is 21.3 Å². The Morgan fingerprint density at radius 2 is 1.30 bits per heavy atom. The fraction of sp³-hybridized carbons (Fsp3) is 0.158. The number of benzene rings is 3. The van der Waals surface area contributed by atoms with Crippen LogP contribution in [0.4, 0.5) is 17.1 Å². The summed E-state index contributed by atoms with van der Waals surface area (Å²) in [7, 11) is 0. The van der Waals surface area contributed by atoms with Crippen molar-refractivity contribution in [2.24, 2.45) is 0 Å². The van der Waals surface area contributed by atoms with E-state index in [0.717, 1.165) is 5.56 Å². The summed E-state index contributed by atoms with van der Waals surface area (Å²) in [6.07, 6.45) is 15.2. The smallest absolute Gasteiger partial charge is 0.255 e. The van der Waals surface area contributed by atoms with Crippen molar-refractivity contribution in [2.75, 3.05) is 16.0 Å². The Bertz CT molecular complexity index is 1600. The van der Waals surface area contributed by atoms with Gasteiger partial charge in [0.1, 0.15) is 0 Å². The number of carbonyl (C=O) groups excluding carboxylic acids is 4. The Hall–Kier alpha value is -5.76. The van der Waals surface area contributed by atoms with Gasteiger partial charge in [-0.3, -0.25) is 19.2 Å². The lowest BCUT2D eigenvalue weighted by Gasteiger charge is -2.10. The predicted octanol–water partition coefficient (Wildman–Crippen LogP) is 7.74. The molecule has 0 saturated heterocycles. The molecule has 0 aliphatic rings. The van der Waals surface area contributed by atoms with Gasteiger partial charge in [-0.25, -0.2) is 0 Å². The first-order valence-electron chi connectivity index (χ1n) is 15.1. The number of hydrogen-bond acceptors (Lipinski definition) is 4. The number of rotatable bonds is 13. The van der Waals surface area contributed by atoms with Gasteiger partial charge in [0.15, 0.2) is 0 Å². The van der Waals surface area contributed by atoms with Crippen LogP contribution in [0.25, 0.3) is 0 Å². The number of anilines is 3. The molecule has 8 nitrogen and oxygen atoms in total. The highest BCUT2D eigenvalue weighted by Gasteiger charge is 2.10. The summed E-state index contributed by atoms with van der Waals surface area (Å²) in [4.78, 5) is 50.2. The summed E-state index contributed by atoms with van der Waals surface area (Å²) < 4.78 is 0. The monoisotopic (exact) mass is 618 g/mol. The molecule has 0 aliphatic heterocycles. The number of nitrogens with one attached hydrogen (secondary N) is 4. The van der Waals surface area contributed by atoms with Crippen LogP contribution in [-0.2, 0) is 20.9 Å². The average molecular weight is 619 g/mol. The first-order valence-corrected chi connectivity index (χ1v) is 15.1. The molecule has 0 heterocycles. The van der Waals surface area contributed by atoms with E-state index < -0.39 is 5.91 Å². The minimum atomic E-state index is -0.399. The number of carbonyl (C=O) groups is 4. The van der Waals surface area contributed by atoms with Crippen LogP contribution in [0.15, 0.2) is 139 Å². The molecule has 0 radical (unpaired) electrons. The van der Waals surface area contributed by atoms with E-state index in [0.29, 0.717) is 34.7 Å². The Labute approximate surface area is 271 Å². The Balaban J connectivity index is 0.00000361. The van der Waals surface area contributed by atoms with Crippen LogP contribution in [0.5, 0.6) is 0 Å². The predicted molar refractivity (Wildman–Crippen MR) is 188 cm³/mol. The third-order valence-electron chi connectivity index (χ3n) is 5.98. The molecule has 3 aromatic carbocycles. The van der Waals surface area contributed by atoms with Crippen molar-refractivity contribution >= 4 is 40.7 Å². The van der Waals surface area contributed by atoms with E-state index in [1.54, 1.807) is 104 Å². The van der Waals surface area contributed by atoms with Crippen molar-refractivity contribution in [1.29, 1.82) is 0 Å². The van der Waals surface area contributed by atoms with Crippen molar-refractivity contribution in [3.8, 4) is 0 Å². The Morgan fingerprint density at radius 1 is 0.652 bits per heavy atom. The molecule has 46 heavy (non-hydrogen) atoms. The largest absolute Gasteiger partial charge is 0.348 e. The molecule has 3 rings (SSSR count). The standard InChI is InChI=1S/C36H36N4O4.C2H6/c1-3-5-6-7-11-21-33(41)39-31-19-13-20-32(25-31)40-36(44)28(14-4-2)22-23-34(42)38-30-18-12-15-27(24-30)26-37-35(43)29-16-9-8-10-17-29;1-2/h3-22,24-25H,23,26H2,1-2H3,(H,37,43)(H,38,42)(H,39,41)(H,40,44);1-2H3/b5-3-,7-6-,14-4-,21-11+,28-22+;. The first kappa shape index (κ1) is 36.4. The second-order valence-electron chi connectivity index (χ2n) is 9.45. The van der Waals surface area contributed by atoms with E-state index in [9.17, 15) is 19.2 Å². The molecule has 0 aliphatic carbocycles. The topological polar surface area (TPSA) is 116 Å². The molecular weight excluding hydrogens is 576 g/mol. The zero-order valence-electron chi connectivity index (χ0n) is 26.7. The second-order valence-corrected chi connectivity index (χ2v) is 9.45. The van der Waals surface area contributed by atoms with Gasteiger partial charge in [0, 0.05) is 47.2 Å².